The number of carbonyl (C=O) groups is 2. The van der Waals surface area contributed by atoms with E-state index in [1.807, 2.05) is 41.3 Å². The minimum absolute atomic E-state index is 0.0222. The summed E-state index contributed by atoms with van der Waals surface area (Å²) in [7, 11) is 0. The van der Waals surface area contributed by atoms with Crippen molar-refractivity contribution in [1.29, 1.82) is 0 Å². The number of anilines is 1. The first-order valence-electron chi connectivity index (χ1n) is 13.0. The van der Waals surface area contributed by atoms with Gasteiger partial charge in [-0.15, -0.1) is 0 Å². The molecule has 3 saturated heterocycles. The molecule has 0 saturated carbocycles. The van der Waals surface area contributed by atoms with Gasteiger partial charge in [-0.3, -0.25) is 14.5 Å². The summed E-state index contributed by atoms with van der Waals surface area (Å²) in [5, 5.41) is 14.9. The SMILES string of the molecule is CC(O)(C(=O)N1CCC(N2CC(Nc3ccc(C(=O)N4CCCC4)c(Cl)c3)C2)CC1)c1ccccc1. The standard InChI is InChI=1S/C28H35ClN4O3/c1-28(36,20-7-3-2-4-8-20)27(35)32-15-11-23(12-16-32)33-18-22(19-33)30-21-9-10-24(25(29)17-21)26(34)31-13-5-6-14-31/h2-4,7-10,17,22-23,30,36H,5-6,11-16,18-19H2,1H3. The van der Waals surface area contributed by atoms with E-state index in [2.05, 4.69) is 10.2 Å². The molecule has 2 amide bonds. The van der Waals surface area contributed by atoms with E-state index in [0.717, 1.165) is 57.5 Å². The van der Waals surface area contributed by atoms with Gasteiger partial charge in [0, 0.05) is 51.0 Å². The van der Waals surface area contributed by atoms with E-state index in [9.17, 15) is 14.7 Å². The normalized spacial score (nSPS) is 21.2. The molecule has 2 aromatic rings. The van der Waals surface area contributed by atoms with Gasteiger partial charge in [-0.05, 0) is 56.4 Å². The van der Waals surface area contributed by atoms with Crippen LogP contribution in [0.4, 0.5) is 5.69 Å². The van der Waals surface area contributed by atoms with Crippen molar-refractivity contribution in [3.63, 3.8) is 0 Å². The monoisotopic (exact) mass is 510 g/mol. The number of nitrogens with zero attached hydrogens (tertiary/aromatic N) is 3. The number of rotatable bonds is 6. The van der Waals surface area contributed by atoms with Crippen LogP contribution in [0, 0.1) is 0 Å². The van der Waals surface area contributed by atoms with Crippen LogP contribution in [0.25, 0.3) is 0 Å². The molecule has 8 heteroatoms. The predicted octanol–water partition coefficient (Wildman–Crippen LogP) is 3.57. The fourth-order valence-electron chi connectivity index (χ4n) is 5.63. The van der Waals surface area contributed by atoms with Crippen molar-refractivity contribution in [2.24, 2.45) is 0 Å². The molecular weight excluding hydrogens is 476 g/mol. The molecule has 0 radical (unpaired) electrons. The van der Waals surface area contributed by atoms with Crippen LogP contribution in [0.3, 0.4) is 0 Å². The van der Waals surface area contributed by atoms with Gasteiger partial charge in [-0.25, -0.2) is 0 Å². The van der Waals surface area contributed by atoms with Gasteiger partial charge in [0.1, 0.15) is 0 Å². The first-order chi connectivity index (χ1) is 17.3. The maximum atomic E-state index is 13.0. The molecule has 7 nitrogen and oxygen atoms in total. The lowest BCUT2D eigenvalue weighted by atomic mass is 9.92. The Hall–Kier alpha value is -2.61. The molecule has 3 aliphatic heterocycles. The highest BCUT2D eigenvalue weighted by molar-refractivity contribution is 6.34. The molecule has 2 aromatic carbocycles. The molecule has 0 bridgehead atoms. The summed E-state index contributed by atoms with van der Waals surface area (Å²) in [6, 6.07) is 15.6. The number of aliphatic hydroxyl groups is 1. The fourth-order valence-corrected chi connectivity index (χ4v) is 5.90. The van der Waals surface area contributed by atoms with Crippen molar-refractivity contribution < 1.29 is 14.7 Å². The summed E-state index contributed by atoms with van der Waals surface area (Å²) in [5.41, 5.74) is 0.635. The molecule has 0 spiro atoms. The molecular formula is C28H35ClN4O3. The zero-order valence-electron chi connectivity index (χ0n) is 20.8. The fraction of sp³-hybridized carbons (Fsp3) is 0.500. The van der Waals surface area contributed by atoms with E-state index in [4.69, 9.17) is 11.6 Å². The minimum atomic E-state index is -1.50. The summed E-state index contributed by atoms with van der Waals surface area (Å²) < 4.78 is 0. The summed E-state index contributed by atoms with van der Waals surface area (Å²) in [4.78, 5) is 31.8. The Kier molecular flexibility index (Phi) is 7.24. The van der Waals surface area contributed by atoms with E-state index in [1.165, 1.54) is 0 Å². The maximum Gasteiger partial charge on any atom is 0.258 e. The zero-order chi connectivity index (χ0) is 25.3. The van der Waals surface area contributed by atoms with Crippen LogP contribution < -0.4 is 5.32 Å². The van der Waals surface area contributed by atoms with Gasteiger partial charge in [0.2, 0.25) is 0 Å². The number of carbonyl (C=O) groups excluding carboxylic acids is 2. The highest BCUT2D eigenvalue weighted by Gasteiger charge is 2.40. The number of benzene rings is 2. The molecule has 5 rings (SSSR count). The number of hydrogen-bond acceptors (Lipinski definition) is 5. The number of likely N-dealkylation sites (tertiary alicyclic amines) is 3. The van der Waals surface area contributed by atoms with Gasteiger partial charge in [0.05, 0.1) is 16.6 Å². The van der Waals surface area contributed by atoms with Crippen molar-refractivity contribution in [3.8, 4) is 0 Å². The molecule has 0 aliphatic carbocycles. The number of piperidine rings is 1. The average Bonchev–Trinajstić information content (AvgIpc) is 3.41. The van der Waals surface area contributed by atoms with Gasteiger partial charge in [0.15, 0.2) is 5.60 Å². The average molecular weight is 511 g/mol. The predicted molar refractivity (Wildman–Crippen MR) is 141 cm³/mol. The summed E-state index contributed by atoms with van der Waals surface area (Å²) in [6.07, 6.45) is 3.93. The molecule has 1 unspecified atom stereocenters. The largest absolute Gasteiger partial charge is 0.380 e. The third-order valence-electron chi connectivity index (χ3n) is 7.89. The Bertz CT molecular complexity index is 1090. The van der Waals surface area contributed by atoms with Crippen molar-refractivity contribution in [3.05, 3.63) is 64.7 Å². The Morgan fingerprint density at radius 2 is 1.64 bits per heavy atom. The van der Waals surface area contributed by atoms with Gasteiger partial charge >= 0.3 is 0 Å². The maximum absolute atomic E-state index is 13.0. The van der Waals surface area contributed by atoms with E-state index < -0.39 is 5.60 Å². The smallest absolute Gasteiger partial charge is 0.258 e. The van der Waals surface area contributed by atoms with E-state index in [1.54, 1.807) is 24.0 Å². The van der Waals surface area contributed by atoms with Crippen molar-refractivity contribution in [2.75, 3.05) is 44.6 Å². The Balaban J connectivity index is 1.08. The molecule has 3 fully saturated rings. The summed E-state index contributed by atoms with van der Waals surface area (Å²) >= 11 is 6.46. The molecule has 192 valence electrons. The molecule has 3 heterocycles. The van der Waals surface area contributed by atoms with E-state index in [0.29, 0.717) is 41.3 Å². The number of hydrogen-bond donors (Lipinski definition) is 2. The van der Waals surface area contributed by atoms with E-state index >= 15 is 0 Å². The number of halogens is 1. The van der Waals surface area contributed by atoms with Crippen molar-refractivity contribution >= 4 is 29.1 Å². The van der Waals surface area contributed by atoms with Crippen LogP contribution in [0.2, 0.25) is 5.02 Å². The first-order valence-corrected chi connectivity index (χ1v) is 13.4. The second-order valence-corrected chi connectivity index (χ2v) is 10.9. The zero-order valence-corrected chi connectivity index (χ0v) is 21.6. The van der Waals surface area contributed by atoms with Crippen LogP contribution in [0.15, 0.2) is 48.5 Å². The third kappa shape index (κ3) is 5.10. The Morgan fingerprint density at radius 3 is 2.28 bits per heavy atom. The van der Waals surface area contributed by atoms with Crippen LogP contribution in [-0.4, -0.2) is 83.0 Å². The van der Waals surface area contributed by atoms with Gasteiger partial charge < -0.3 is 20.2 Å². The highest BCUT2D eigenvalue weighted by atomic mass is 35.5. The van der Waals surface area contributed by atoms with Crippen LogP contribution in [0.1, 0.15) is 48.5 Å². The van der Waals surface area contributed by atoms with Gasteiger partial charge in [-0.1, -0.05) is 41.9 Å². The Labute approximate surface area is 218 Å². The Morgan fingerprint density at radius 1 is 0.972 bits per heavy atom. The minimum Gasteiger partial charge on any atom is -0.380 e. The molecule has 2 N–H and O–H groups in total. The van der Waals surface area contributed by atoms with Crippen LogP contribution in [0.5, 0.6) is 0 Å². The van der Waals surface area contributed by atoms with Gasteiger partial charge in [-0.2, -0.15) is 0 Å². The van der Waals surface area contributed by atoms with Crippen molar-refractivity contribution in [1.82, 2.24) is 14.7 Å². The topological polar surface area (TPSA) is 76.1 Å². The summed E-state index contributed by atoms with van der Waals surface area (Å²) in [5.74, 6) is -0.201. The molecule has 0 aromatic heterocycles. The highest BCUT2D eigenvalue weighted by Crippen LogP contribution is 2.29. The second-order valence-electron chi connectivity index (χ2n) is 10.5. The molecule has 3 aliphatic rings. The number of amides is 2. The van der Waals surface area contributed by atoms with Gasteiger partial charge in [0.25, 0.3) is 11.8 Å². The second kappa shape index (κ2) is 10.4. The van der Waals surface area contributed by atoms with Crippen LogP contribution in [-0.2, 0) is 10.4 Å². The number of nitrogens with one attached hydrogen (secondary N) is 1. The quantitative estimate of drug-likeness (QED) is 0.621. The lowest BCUT2D eigenvalue weighted by Crippen LogP contribution is -2.61. The van der Waals surface area contributed by atoms with E-state index in [-0.39, 0.29) is 11.8 Å². The van der Waals surface area contributed by atoms with Crippen molar-refractivity contribution in [2.45, 2.75) is 50.3 Å². The molecule has 36 heavy (non-hydrogen) atoms. The lowest BCUT2D eigenvalue weighted by molar-refractivity contribution is -0.152. The van der Waals surface area contributed by atoms with Crippen LogP contribution >= 0.6 is 11.6 Å². The lowest BCUT2D eigenvalue weighted by Gasteiger charge is -2.48. The first kappa shape index (κ1) is 25.1. The molecule has 1 atom stereocenters. The summed E-state index contributed by atoms with van der Waals surface area (Å²) in [6.45, 7) is 6.40. The third-order valence-corrected chi connectivity index (χ3v) is 8.21.